The number of sulfonamides is 1. The zero-order valence-electron chi connectivity index (χ0n) is 18.1. The largest absolute Gasteiger partial charge is 0.493 e. The number of carbonyl (C=O) groups excluding carboxylic acids is 1. The molecule has 1 amide bonds. The van der Waals surface area contributed by atoms with E-state index < -0.39 is 10.0 Å². The lowest BCUT2D eigenvalue weighted by Crippen LogP contribution is -2.40. The number of anilines is 2. The minimum absolute atomic E-state index is 0.00620. The number of ether oxygens (including phenoxy) is 3. The highest BCUT2D eigenvalue weighted by molar-refractivity contribution is 7.89. The number of methoxy groups -OCH3 is 2. The van der Waals surface area contributed by atoms with E-state index in [1.165, 1.54) is 29.6 Å². The van der Waals surface area contributed by atoms with Gasteiger partial charge in [0.1, 0.15) is 0 Å². The molecule has 2 aromatic carbocycles. The predicted molar refractivity (Wildman–Crippen MR) is 122 cm³/mol. The van der Waals surface area contributed by atoms with E-state index in [0.717, 1.165) is 5.69 Å². The van der Waals surface area contributed by atoms with E-state index in [9.17, 15) is 13.2 Å². The molecule has 32 heavy (non-hydrogen) atoms. The molecule has 0 saturated carbocycles. The molecule has 1 saturated heterocycles. The lowest BCUT2D eigenvalue weighted by molar-refractivity contribution is -0.114. The van der Waals surface area contributed by atoms with Crippen LogP contribution in [0.2, 0.25) is 5.02 Å². The molecule has 11 heteroatoms. The van der Waals surface area contributed by atoms with Crippen LogP contribution in [0.25, 0.3) is 0 Å². The van der Waals surface area contributed by atoms with Crippen LogP contribution in [0.15, 0.2) is 41.3 Å². The first kappa shape index (κ1) is 24.1. The molecule has 0 spiro atoms. The van der Waals surface area contributed by atoms with E-state index in [2.05, 4.69) is 5.32 Å². The number of nitrogens with one attached hydrogen (secondary N) is 1. The van der Waals surface area contributed by atoms with E-state index in [1.54, 1.807) is 37.3 Å². The number of benzene rings is 2. The summed E-state index contributed by atoms with van der Waals surface area (Å²) >= 11 is 6.22. The minimum Gasteiger partial charge on any atom is -0.493 e. The van der Waals surface area contributed by atoms with Gasteiger partial charge in [-0.05, 0) is 30.3 Å². The number of morpholine rings is 1. The van der Waals surface area contributed by atoms with Gasteiger partial charge in [-0.15, -0.1) is 0 Å². The van der Waals surface area contributed by atoms with Gasteiger partial charge in [-0.3, -0.25) is 4.79 Å². The van der Waals surface area contributed by atoms with Crippen LogP contribution in [0, 0.1) is 0 Å². The van der Waals surface area contributed by atoms with Gasteiger partial charge < -0.3 is 24.4 Å². The van der Waals surface area contributed by atoms with Gasteiger partial charge in [0, 0.05) is 31.9 Å². The summed E-state index contributed by atoms with van der Waals surface area (Å²) in [6, 6.07) is 9.58. The molecule has 0 aromatic heterocycles. The third kappa shape index (κ3) is 5.44. The number of carbonyl (C=O) groups is 1. The third-order valence-electron chi connectivity index (χ3n) is 5.01. The van der Waals surface area contributed by atoms with Crippen molar-refractivity contribution in [3.8, 4) is 11.5 Å². The van der Waals surface area contributed by atoms with Crippen molar-refractivity contribution >= 4 is 38.9 Å². The van der Waals surface area contributed by atoms with Crippen LogP contribution < -0.4 is 19.7 Å². The molecule has 1 aliphatic rings. The van der Waals surface area contributed by atoms with Gasteiger partial charge in [-0.25, -0.2) is 8.42 Å². The van der Waals surface area contributed by atoms with Crippen molar-refractivity contribution in [2.75, 3.05) is 64.3 Å². The molecule has 9 nitrogen and oxygen atoms in total. The van der Waals surface area contributed by atoms with E-state index in [4.69, 9.17) is 25.8 Å². The molecule has 1 aliphatic heterocycles. The van der Waals surface area contributed by atoms with Crippen molar-refractivity contribution in [2.24, 2.45) is 0 Å². The second-order valence-corrected chi connectivity index (χ2v) is 9.45. The molecule has 0 aliphatic carbocycles. The van der Waals surface area contributed by atoms with Crippen LogP contribution >= 0.6 is 11.6 Å². The third-order valence-corrected chi connectivity index (χ3v) is 7.23. The smallest absolute Gasteiger partial charge is 0.243 e. The van der Waals surface area contributed by atoms with Gasteiger partial charge in [-0.2, -0.15) is 4.31 Å². The maximum Gasteiger partial charge on any atom is 0.243 e. The lowest BCUT2D eigenvalue weighted by Gasteiger charge is -2.26. The first-order valence-corrected chi connectivity index (χ1v) is 11.7. The predicted octanol–water partition coefficient (Wildman–Crippen LogP) is 2.45. The quantitative estimate of drug-likeness (QED) is 0.615. The zero-order chi connectivity index (χ0) is 23.3. The number of rotatable bonds is 8. The van der Waals surface area contributed by atoms with E-state index >= 15 is 0 Å². The standard InChI is InChI=1S/C21H26ClN3O6S/c1-24(15-4-7-19(29-2)20(12-15)30-3)14-21(26)23-18-13-16(5-6-17(18)22)32(27,28)25-8-10-31-11-9-25/h4-7,12-13H,8-11,14H2,1-3H3,(H,23,26). The van der Waals surface area contributed by atoms with Crippen LogP contribution in [-0.4, -0.2) is 72.7 Å². The first-order chi connectivity index (χ1) is 15.3. The van der Waals surface area contributed by atoms with Crippen LogP contribution in [-0.2, 0) is 19.6 Å². The van der Waals surface area contributed by atoms with Crippen molar-refractivity contribution in [2.45, 2.75) is 4.90 Å². The number of likely N-dealkylation sites (N-methyl/N-ethyl adjacent to an activating group) is 1. The fourth-order valence-electron chi connectivity index (χ4n) is 3.26. The topological polar surface area (TPSA) is 97.4 Å². The van der Waals surface area contributed by atoms with Crippen LogP contribution in [0.5, 0.6) is 11.5 Å². The molecule has 1 heterocycles. The fourth-order valence-corrected chi connectivity index (χ4v) is 4.85. The Hall–Kier alpha value is -2.53. The van der Waals surface area contributed by atoms with E-state index in [-0.39, 0.29) is 41.1 Å². The van der Waals surface area contributed by atoms with Gasteiger partial charge in [0.25, 0.3) is 0 Å². The first-order valence-electron chi connectivity index (χ1n) is 9.86. The highest BCUT2D eigenvalue weighted by atomic mass is 35.5. The average molecular weight is 484 g/mol. The molecule has 0 radical (unpaired) electrons. The number of halogens is 1. The zero-order valence-corrected chi connectivity index (χ0v) is 19.7. The molecule has 0 bridgehead atoms. The maximum atomic E-state index is 12.9. The molecule has 1 fully saturated rings. The van der Waals surface area contributed by atoms with Crippen molar-refractivity contribution in [3.63, 3.8) is 0 Å². The Morgan fingerprint density at radius 2 is 1.81 bits per heavy atom. The van der Waals surface area contributed by atoms with E-state index in [1.807, 2.05) is 0 Å². The Bertz CT molecular complexity index is 1070. The van der Waals surface area contributed by atoms with Crippen LogP contribution in [0.1, 0.15) is 0 Å². The summed E-state index contributed by atoms with van der Waals surface area (Å²) in [5.41, 5.74) is 0.972. The fraction of sp³-hybridized carbons (Fsp3) is 0.381. The van der Waals surface area contributed by atoms with Gasteiger partial charge in [0.05, 0.1) is 49.6 Å². The number of hydrogen-bond donors (Lipinski definition) is 1. The summed E-state index contributed by atoms with van der Waals surface area (Å²) < 4.78 is 42.9. The second kappa shape index (κ2) is 10.4. The van der Waals surface area contributed by atoms with Crippen molar-refractivity contribution in [3.05, 3.63) is 41.4 Å². The summed E-state index contributed by atoms with van der Waals surface area (Å²) in [6.45, 7) is 1.26. The Morgan fingerprint density at radius 3 is 2.47 bits per heavy atom. The van der Waals surface area contributed by atoms with Gasteiger partial charge in [0.15, 0.2) is 11.5 Å². The van der Waals surface area contributed by atoms with Crippen LogP contribution in [0.4, 0.5) is 11.4 Å². The summed E-state index contributed by atoms with van der Waals surface area (Å²) in [5.74, 6) is 0.769. The Kier molecular flexibility index (Phi) is 7.83. The highest BCUT2D eigenvalue weighted by Crippen LogP contribution is 2.31. The van der Waals surface area contributed by atoms with Gasteiger partial charge >= 0.3 is 0 Å². The molecule has 0 atom stereocenters. The summed E-state index contributed by atoms with van der Waals surface area (Å²) in [4.78, 5) is 14.4. The highest BCUT2D eigenvalue weighted by Gasteiger charge is 2.27. The van der Waals surface area contributed by atoms with Crippen molar-refractivity contribution in [1.82, 2.24) is 4.31 Å². The normalized spacial score (nSPS) is 14.6. The average Bonchev–Trinajstić information content (AvgIpc) is 2.80. The molecule has 1 N–H and O–H groups in total. The Morgan fingerprint density at radius 1 is 1.12 bits per heavy atom. The molecular formula is C21H26ClN3O6S. The molecular weight excluding hydrogens is 458 g/mol. The SMILES string of the molecule is COc1ccc(N(C)CC(=O)Nc2cc(S(=O)(=O)N3CCOCC3)ccc2Cl)cc1OC. The molecule has 0 unspecified atom stereocenters. The number of hydrogen-bond acceptors (Lipinski definition) is 7. The van der Waals surface area contributed by atoms with E-state index in [0.29, 0.717) is 24.7 Å². The van der Waals surface area contributed by atoms with Crippen molar-refractivity contribution in [1.29, 1.82) is 0 Å². The Balaban J connectivity index is 1.73. The molecule has 3 rings (SSSR count). The number of nitrogens with zero attached hydrogens (tertiary/aromatic N) is 2. The second-order valence-electron chi connectivity index (χ2n) is 7.10. The maximum absolute atomic E-state index is 12.9. The molecule has 174 valence electrons. The summed E-state index contributed by atoms with van der Waals surface area (Å²) in [7, 11) is 1.12. The number of amides is 1. The minimum atomic E-state index is -3.71. The monoisotopic (exact) mass is 483 g/mol. The van der Waals surface area contributed by atoms with Crippen molar-refractivity contribution < 1.29 is 27.4 Å². The molecule has 2 aromatic rings. The lowest BCUT2D eigenvalue weighted by atomic mass is 10.2. The summed E-state index contributed by atoms with van der Waals surface area (Å²) in [6.07, 6.45) is 0. The van der Waals surface area contributed by atoms with Crippen LogP contribution in [0.3, 0.4) is 0 Å². The summed E-state index contributed by atoms with van der Waals surface area (Å²) in [5, 5.41) is 2.94. The van der Waals surface area contributed by atoms with Gasteiger partial charge in [-0.1, -0.05) is 11.6 Å². The van der Waals surface area contributed by atoms with Gasteiger partial charge in [0.2, 0.25) is 15.9 Å². The Labute approximate surface area is 192 Å².